The molecule has 0 saturated carbocycles. The minimum atomic E-state index is 1.14. The normalized spacial score (nSPS) is 18.0. The predicted molar refractivity (Wildman–Crippen MR) is 42.8 cm³/mol. The largest absolute Gasteiger partial charge is 0.364 e. The minimum absolute atomic E-state index is 1.14. The van der Waals surface area contributed by atoms with E-state index in [0.717, 1.165) is 6.54 Å². The summed E-state index contributed by atoms with van der Waals surface area (Å²) < 4.78 is 0. The van der Waals surface area contributed by atoms with E-state index in [1.54, 1.807) is 0 Å². The highest BCUT2D eigenvalue weighted by Crippen LogP contribution is 2.10. The molecule has 1 aliphatic heterocycles. The average molecular weight is 139 g/mol. The van der Waals surface area contributed by atoms with Crippen molar-refractivity contribution in [1.82, 2.24) is 10.2 Å². The zero-order chi connectivity index (χ0) is 7.40. The van der Waals surface area contributed by atoms with Crippen LogP contribution in [0.5, 0.6) is 0 Å². The monoisotopic (exact) mass is 139 g/mol. The molecule has 10 heavy (non-hydrogen) atoms. The van der Waals surface area contributed by atoms with Gasteiger partial charge in [0.2, 0.25) is 0 Å². The number of hydrogen-bond donors (Lipinski definition) is 1. The molecule has 0 aromatic rings. The van der Waals surface area contributed by atoms with Crippen LogP contribution in [0.2, 0.25) is 0 Å². The number of hydrogen-bond acceptors (Lipinski definition) is 2. The topological polar surface area (TPSA) is 15.3 Å². The second-order valence-corrected chi connectivity index (χ2v) is 2.59. The summed E-state index contributed by atoms with van der Waals surface area (Å²) in [5.41, 5.74) is 0. The van der Waals surface area contributed by atoms with Gasteiger partial charge in [0, 0.05) is 18.9 Å². The number of nitrogens with zero attached hydrogens (tertiary/aromatic N) is 1. The molecule has 0 aliphatic carbocycles. The summed E-state index contributed by atoms with van der Waals surface area (Å²) in [5.74, 6) is 0. The van der Waals surface area contributed by atoms with E-state index in [-0.39, 0.29) is 0 Å². The summed E-state index contributed by atoms with van der Waals surface area (Å²) in [6, 6.07) is 0. The van der Waals surface area contributed by atoms with Crippen LogP contribution in [0.25, 0.3) is 0 Å². The third-order valence-electron chi connectivity index (χ3n) is 1.73. The summed E-state index contributed by atoms with van der Waals surface area (Å²) in [5, 5.41) is 3.14. The quantitative estimate of drug-likeness (QED) is 0.640. The highest BCUT2D eigenvalue weighted by molar-refractivity contribution is 5.02. The van der Waals surface area contributed by atoms with Gasteiger partial charge in [-0.05, 0) is 13.3 Å². The van der Waals surface area contributed by atoms with E-state index in [1.165, 1.54) is 19.0 Å². The van der Waals surface area contributed by atoms with Crippen molar-refractivity contribution in [2.24, 2.45) is 0 Å². The second-order valence-electron chi connectivity index (χ2n) is 2.59. The van der Waals surface area contributed by atoms with Crippen molar-refractivity contribution in [2.45, 2.75) is 26.7 Å². The number of nitrogens with one attached hydrogen (secondary N) is 1. The lowest BCUT2D eigenvalue weighted by Gasteiger charge is -2.19. The van der Waals surface area contributed by atoms with E-state index in [1.807, 2.05) is 6.20 Å². The molecule has 1 aliphatic rings. The molecule has 0 spiro atoms. The van der Waals surface area contributed by atoms with Crippen LogP contribution < -0.4 is 5.32 Å². The Hall–Kier alpha value is -0.660. The van der Waals surface area contributed by atoms with Crippen LogP contribution in [-0.4, -0.2) is 11.4 Å². The Balaban J connectivity index is 2.20. The number of rotatable bonds is 3. The van der Waals surface area contributed by atoms with Gasteiger partial charge in [0.1, 0.15) is 6.17 Å². The summed E-state index contributed by atoms with van der Waals surface area (Å²) in [4.78, 5) is 2.24. The second kappa shape index (κ2) is 3.49. The lowest BCUT2D eigenvalue weighted by Crippen LogP contribution is -2.24. The van der Waals surface area contributed by atoms with E-state index in [9.17, 15) is 0 Å². The molecule has 1 rings (SSSR count). The van der Waals surface area contributed by atoms with Crippen LogP contribution in [0.4, 0.5) is 0 Å². The van der Waals surface area contributed by atoms with E-state index >= 15 is 0 Å². The van der Waals surface area contributed by atoms with Gasteiger partial charge in [-0.25, -0.2) is 0 Å². The van der Waals surface area contributed by atoms with Crippen molar-refractivity contribution in [3.8, 4) is 0 Å². The van der Waals surface area contributed by atoms with Crippen molar-refractivity contribution in [3.63, 3.8) is 0 Å². The van der Waals surface area contributed by atoms with Crippen molar-refractivity contribution in [3.05, 3.63) is 18.6 Å². The van der Waals surface area contributed by atoms with Crippen LogP contribution in [-0.2, 0) is 0 Å². The van der Waals surface area contributed by atoms with E-state index in [4.69, 9.17) is 0 Å². The molecule has 0 fully saturated rings. The first-order chi connectivity index (χ1) is 4.84. The average Bonchev–Trinajstić information content (AvgIpc) is 2.31. The summed E-state index contributed by atoms with van der Waals surface area (Å²) in [7, 11) is 0. The van der Waals surface area contributed by atoms with E-state index in [0.29, 0.717) is 0 Å². The molecule has 2 nitrogen and oxygen atoms in total. The fraction of sp³-hybridized carbons (Fsp3) is 0.625. The SMILES string of the molecule is CCCCN1C=CN[C]1C. The molecule has 0 unspecified atom stereocenters. The molecule has 0 bridgehead atoms. The minimum Gasteiger partial charge on any atom is -0.364 e. The van der Waals surface area contributed by atoms with Gasteiger partial charge in [-0.2, -0.15) is 0 Å². The van der Waals surface area contributed by atoms with Gasteiger partial charge in [0.05, 0.1) is 0 Å². The van der Waals surface area contributed by atoms with Crippen LogP contribution in [0.3, 0.4) is 0 Å². The molecule has 1 heterocycles. The fourth-order valence-corrected chi connectivity index (χ4v) is 1.01. The summed E-state index contributed by atoms with van der Waals surface area (Å²) >= 11 is 0. The summed E-state index contributed by atoms with van der Waals surface area (Å²) in [6.07, 6.45) is 7.84. The van der Waals surface area contributed by atoms with Gasteiger partial charge >= 0.3 is 0 Å². The molecule has 1 N–H and O–H groups in total. The highest BCUT2D eigenvalue weighted by atomic mass is 15.3. The lowest BCUT2D eigenvalue weighted by atomic mass is 10.3. The number of unbranched alkanes of at least 4 members (excludes halogenated alkanes) is 1. The lowest BCUT2D eigenvalue weighted by molar-refractivity contribution is 0.385. The van der Waals surface area contributed by atoms with Crippen LogP contribution in [0.15, 0.2) is 12.4 Å². The van der Waals surface area contributed by atoms with E-state index in [2.05, 4.69) is 30.3 Å². The van der Waals surface area contributed by atoms with Crippen LogP contribution in [0.1, 0.15) is 26.7 Å². The Labute approximate surface area is 62.9 Å². The van der Waals surface area contributed by atoms with Crippen LogP contribution >= 0.6 is 0 Å². The smallest absolute Gasteiger partial charge is 0.149 e. The molecular weight excluding hydrogens is 124 g/mol. The van der Waals surface area contributed by atoms with Crippen molar-refractivity contribution in [1.29, 1.82) is 0 Å². The maximum atomic E-state index is 3.14. The van der Waals surface area contributed by atoms with Crippen molar-refractivity contribution in [2.75, 3.05) is 6.54 Å². The van der Waals surface area contributed by atoms with Gasteiger partial charge in [-0.1, -0.05) is 13.3 Å². The molecule has 0 atom stereocenters. The van der Waals surface area contributed by atoms with Gasteiger partial charge in [0.25, 0.3) is 0 Å². The third-order valence-corrected chi connectivity index (χ3v) is 1.73. The zero-order valence-electron chi connectivity index (χ0n) is 6.72. The molecule has 0 amide bonds. The molecule has 1 radical (unpaired) electrons. The maximum Gasteiger partial charge on any atom is 0.149 e. The highest BCUT2D eigenvalue weighted by Gasteiger charge is 2.12. The Bertz CT molecular complexity index is 120. The molecule has 57 valence electrons. The predicted octanol–water partition coefficient (Wildman–Crippen LogP) is 1.67. The first-order valence-corrected chi connectivity index (χ1v) is 3.88. The fourth-order valence-electron chi connectivity index (χ4n) is 1.01. The molecule has 0 aromatic heterocycles. The first kappa shape index (κ1) is 7.45. The zero-order valence-corrected chi connectivity index (χ0v) is 6.72. The van der Waals surface area contributed by atoms with Crippen molar-refractivity contribution >= 4 is 0 Å². The van der Waals surface area contributed by atoms with Gasteiger partial charge in [-0.15, -0.1) is 0 Å². The van der Waals surface area contributed by atoms with Gasteiger partial charge in [0.15, 0.2) is 0 Å². The first-order valence-electron chi connectivity index (χ1n) is 3.88. The molecule has 0 aromatic carbocycles. The Morgan fingerprint density at radius 3 is 2.90 bits per heavy atom. The summed E-state index contributed by atoms with van der Waals surface area (Å²) in [6.45, 7) is 5.45. The third kappa shape index (κ3) is 1.66. The van der Waals surface area contributed by atoms with Gasteiger partial charge in [-0.3, -0.25) is 0 Å². The van der Waals surface area contributed by atoms with Crippen molar-refractivity contribution < 1.29 is 0 Å². The Morgan fingerprint density at radius 2 is 2.40 bits per heavy atom. The molecule has 2 heteroatoms. The van der Waals surface area contributed by atoms with Crippen LogP contribution in [0, 0.1) is 6.17 Å². The Kier molecular flexibility index (Phi) is 2.60. The molecular formula is C8H15N2. The molecule has 0 saturated heterocycles. The maximum absolute atomic E-state index is 3.14. The standard InChI is InChI=1S/C8H15N2/c1-3-4-6-10-7-5-9-8(10)2/h5,7,9H,3-4,6H2,1-2H3. The Morgan fingerprint density at radius 1 is 1.60 bits per heavy atom. The van der Waals surface area contributed by atoms with Gasteiger partial charge < -0.3 is 10.2 Å². The van der Waals surface area contributed by atoms with E-state index < -0.39 is 0 Å².